The van der Waals surface area contributed by atoms with E-state index in [-0.39, 0.29) is 17.4 Å². The molecule has 1 aliphatic rings. The highest BCUT2D eigenvalue weighted by Crippen LogP contribution is 2.32. The maximum atomic E-state index is 12.3. The highest BCUT2D eigenvalue weighted by atomic mass is 32.2. The zero-order chi connectivity index (χ0) is 17.0. The Morgan fingerprint density at radius 3 is 2.52 bits per heavy atom. The largest absolute Gasteiger partial charge is 0.486 e. The lowest BCUT2D eigenvalue weighted by atomic mass is 9.98. The van der Waals surface area contributed by atoms with E-state index in [9.17, 15) is 18.3 Å². The molecule has 1 unspecified atom stereocenters. The number of carboxylic acid groups (broad SMARTS) is 1. The molecular weight excluding hydrogens is 322 g/mol. The Hall–Kier alpha value is -1.80. The van der Waals surface area contributed by atoms with Gasteiger partial charge in [-0.15, -0.1) is 0 Å². The normalized spacial score (nSPS) is 15.4. The molecule has 128 valence electrons. The molecule has 0 saturated carbocycles. The summed E-state index contributed by atoms with van der Waals surface area (Å²) in [6, 6.07) is 4.33. The molecule has 1 heterocycles. The van der Waals surface area contributed by atoms with Crippen molar-refractivity contribution >= 4 is 16.0 Å². The van der Waals surface area contributed by atoms with E-state index in [1.54, 1.807) is 0 Å². The fraction of sp³-hybridized carbons (Fsp3) is 0.533. The van der Waals surface area contributed by atoms with Crippen LogP contribution in [0.1, 0.15) is 20.3 Å². The van der Waals surface area contributed by atoms with Crippen LogP contribution in [0.4, 0.5) is 0 Å². The Kier molecular flexibility index (Phi) is 5.48. The monoisotopic (exact) mass is 343 g/mol. The van der Waals surface area contributed by atoms with Crippen molar-refractivity contribution in [3.8, 4) is 11.5 Å². The SMILES string of the molecule is CC(C)CC(CNS(=O)(=O)c1ccc2c(c1)OCCO2)C(=O)O. The first-order valence-electron chi connectivity index (χ1n) is 7.41. The summed E-state index contributed by atoms with van der Waals surface area (Å²) in [6.07, 6.45) is 0.402. The summed E-state index contributed by atoms with van der Waals surface area (Å²) in [6.45, 7) is 4.42. The minimum atomic E-state index is -3.81. The van der Waals surface area contributed by atoms with Crippen LogP contribution in [0.2, 0.25) is 0 Å². The third-order valence-electron chi connectivity index (χ3n) is 3.45. The van der Waals surface area contributed by atoms with Gasteiger partial charge in [0.2, 0.25) is 10.0 Å². The molecule has 0 aliphatic carbocycles. The highest BCUT2D eigenvalue weighted by molar-refractivity contribution is 7.89. The first-order chi connectivity index (χ1) is 10.8. The molecule has 0 aromatic heterocycles. The van der Waals surface area contributed by atoms with E-state index in [1.165, 1.54) is 18.2 Å². The first-order valence-corrected chi connectivity index (χ1v) is 8.90. The summed E-state index contributed by atoms with van der Waals surface area (Å²) in [5.41, 5.74) is 0. The average molecular weight is 343 g/mol. The van der Waals surface area contributed by atoms with Crippen molar-refractivity contribution in [2.24, 2.45) is 11.8 Å². The van der Waals surface area contributed by atoms with Crippen LogP contribution < -0.4 is 14.2 Å². The quantitative estimate of drug-likeness (QED) is 0.777. The molecule has 0 amide bonds. The summed E-state index contributed by atoms with van der Waals surface area (Å²) in [5.74, 6) is -0.741. The fourth-order valence-corrected chi connectivity index (χ4v) is 3.42. The van der Waals surface area contributed by atoms with Crippen LogP contribution >= 0.6 is 0 Å². The van der Waals surface area contributed by atoms with Gasteiger partial charge in [0.15, 0.2) is 11.5 Å². The number of ether oxygens (including phenoxy) is 2. The zero-order valence-corrected chi connectivity index (χ0v) is 13.9. The zero-order valence-electron chi connectivity index (χ0n) is 13.1. The van der Waals surface area contributed by atoms with Crippen molar-refractivity contribution in [3.05, 3.63) is 18.2 Å². The van der Waals surface area contributed by atoms with Gasteiger partial charge in [0.25, 0.3) is 0 Å². The number of sulfonamides is 1. The summed E-state index contributed by atoms with van der Waals surface area (Å²) < 4.78 is 37.7. The number of hydrogen-bond donors (Lipinski definition) is 2. The summed E-state index contributed by atoms with van der Waals surface area (Å²) >= 11 is 0. The molecular formula is C15H21NO6S. The van der Waals surface area contributed by atoms with Crippen LogP contribution in [-0.4, -0.2) is 39.3 Å². The maximum Gasteiger partial charge on any atom is 0.307 e. The Morgan fingerprint density at radius 1 is 1.26 bits per heavy atom. The molecule has 23 heavy (non-hydrogen) atoms. The number of hydrogen-bond acceptors (Lipinski definition) is 5. The molecule has 2 rings (SSSR count). The standard InChI is InChI=1S/C15H21NO6S/c1-10(2)7-11(15(17)18)9-16-23(19,20)12-3-4-13-14(8-12)22-6-5-21-13/h3-4,8,10-11,16H,5-7,9H2,1-2H3,(H,17,18). The van der Waals surface area contributed by atoms with Gasteiger partial charge < -0.3 is 14.6 Å². The Morgan fingerprint density at radius 2 is 1.91 bits per heavy atom. The summed E-state index contributed by atoms with van der Waals surface area (Å²) in [5, 5.41) is 9.18. The molecule has 0 bridgehead atoms. The smallest absolute Gasteiger partial charge is 0.307 e. The van der Waals surface area contributed by atoms with Crippen molar-refractivity contribution in [1.82, 2.24) is 4.72 Å². The minimum Gasteiger partial charge on any atom is -0.486 e. The fourth-order valence-electron chi connectivity index (χ4n) is 2.32. The number of rotatable bonds is 7. The number of aliphatic carboxylic acids is 1. The number of nitrogens with one attached hydrogen (secondary N) is 1. The van der Waals surface area contributed by atoms with Gasteiger partial charge in [-0.05, 0) is 24.5 Å². The van der Waals surface area contributed by atoms with E-state index < -0.39 is 21.9 Å². The predicted molar refractivity (Wildman–Crippen MR) is 83.2 cm³/mol. The van der Waals surface area contributed by atoms with Gasteiger partial charge in [-0.25, -0.2) is 13.1 Å². The van der Waals surface area contributed by atoms with E-state index in [2.05, 4.69) is 4.72 Å². The second kappa shape index (κ2) is 7.18. The van der Waals surface area contributed by atoms with E-state index in [0.29, 0.717) is 31.1 Å². The highest BCUT2D eigenvalue weighted by Gasteiger charge is 2.24. The molecule has 0 saturated heterocycles. The summed E-state index contributed by atoms with van der Waals surface area (Å²) in [4.78, 5) is 11.2. The van der Waals surface area contributed by atoms with Crippen LogP contribution in [0.5, 0.6) is 11.5 Å². The lowest BCUT2D eigenvalue weighted by Crippen LogP contribution is -2.33. The molecule has 1 atom stereocenters. The number of carboxylic acids is 1. The lowest BCUT2D eigenvalue weighted by molar-refractivity contribution is -0.142. The molecule has 1 aromatic carbocycles. The van der Waals surface area contributed by atoms with Gasteiger partial charge in [-0.1, -0.05) is 13.8 Å². The van der Waals surface area contributed by atoms with Crippen LogP contribution in [0.3, 0.4) is 0 Å². The average Bonchev–Trinajstić information content (AvgIpc) is 2.50. The van der Waals surface area contributed by atoms with E-state index in [0.717, 1.165) is 0 Å². The van der Waals surface area contributed by atoms with Crippen molar-refractivity contribution in [2.75, 3.05) is 19.8 Å². The van der Waals surface area contributed by atoms with Crippen LogP contribution in [0.15, 0.2) is 23.1 Å². The third-order valence-corrected chi connectivity index (χ3v) is 4.87. The van der Waals surface area contributed by atoms with E-state index in [1.807, 2.05) is 13.8 Å². The van der Waals surface area contributed by atoms with Gasteiger partial charge >= 0.3 is 5.97 Å². The molecule has 0 radical (unpaired) electrons. The molecule has 2 N–H and O–H groups in total. The topological polar surface area (TPSA) is 102 Å². The maximum absolute atomic E-state index is 12.3. The molecule has 0 spiro atoms. The van der Waals surface area contributed by atoms with Gasteiger partial charge in [-0.3, -0.25) is 4.79 Å². The first kappa shape index (κ1) is 17.6. The van der Waals surface area contributed by atoms with Crippen molar-refractivity contribution < 1.29 is 27.8 Å². The molecule has 0 fully saturated rings. The van der Waals surface area contributed by atoms with Gasteiger partial charge in [0.1, 0.15) is 13.2 Å². The van der Waals surface area contributed by atoms with E-state index in [4.69, 9.17) is 9.47 Å². The Bertz CT molecular complexity index is 671. The van der Waals surface area contributed by atoms with Crippen LogP contribution in [0.25, 0.3) is 0 Å². The van der Waals surface area contributed by atoms with Crippen molar-refractivity contribution in [2.45, 2.75) is 25.2 Å². The molecule has 8 heteroatoms. The molecule has 7 nitrogen and oxygen atoms in total. The van der Waals surface area contributed by atoms with Gasteiger partial charge in [0.05, 0.1) is 10.8 Å². The van der Waals surface area contributed by atoms with E-state index >= 15 is 0 Å². The second-order valence-corrected chi connectivity index (χ2v) is 7.59. The predicted octanol–water partition coefficient (Wildman–Crippen LogP) is 1.48. The lowest BCUT2D eigenvalue weighted by Gasteiger charge is -2.19. The summed E-state index contributed by atoms with van der Waals surface area (Å²) in [7, 11) is -3.81. The number of carbonyl (C=O) groups is 1. The number of benzene rings is 1. The van der Waals surface area contributed by atoms with Gasteiger partial charge in [0, 0.05) is 12.6 Å². The van der Waals surface area contributed by atoms with Crippen molar-refractivity contribution in [1.29, 1.82) is 0 Å². The molecule has 1 aliphatic heterocycles. The Labute approximate surface area is 135 Å². The number of fused-ring (bicyclic) bond motifs is 1. The molecule has 1 aromatic rings. The Balaban J connectivity index is 2.10. The second-order valence-electron chi connectivity index (χ2n) is 5.82. The van der Waals surface area contributed by atoms with Crippen molar-refractivity contribution in [3.63, 3.8) is 0 Å². The minimum absolute atomic E-state index is 0.0236. The van der Waals surface area contributed by atoms with Gasteiger partial charge in [-0.2, -0.15) is 0 Å². The van der Waals surface area contributed by atoms with Crippen LogP contribution in [0, 0.1) is 11.8 Å². The third kappa shape index (κ3) is 4.59. The van der Waals surface area contributed by atoms with Crippen LogP contribution in [-0.2, 0) is 14.8 Å².